The summed E-state index contributed by atoms with van der Waals surface area (Å²) >= 11 is 8.42. The summed E-state index contributed by atoms with van der Waals surface area (Å²) in [6.07, 6.45) is 1.26. The Morgan fingerprint density at radius 3 is 2.78 bits per heavy atom. The van der Waals surface area contributed by atoms with Crippen LogP contribution in [0, 0.1) is 0 Å². The zero-order chi connectivity index (χ0) is 13.5. The number of methoxy groups -OCH3 is 1. The second-order valence-electron chi connectivity index (χ2n) is 3.60. The smallest absolute Gasteiger partial charge is 0.226 e. The molecule has 0 aliphatic carbocycles. The highest BCUT2D eigenvalue weighted by molar-refractivity contribution is 9.10. The molecule has 18 heavy (non-hydrogen) atoms. The van der Waals surface area contributed by atoms with E-state index in [4.69, 9.17) is 17.0 Å². The molecule has 1 aromatic carbocycles. The van der Waals surface area contributed by atoms with Crippen molar-refractivity contribution in [3.63, 3.8) is 0 Å². The van der Waals surface area contributed by atoms with Crippen molar-refractivity contribution in [2.24, 2.45) is 0 Å². The zero-order valence-electron chi connectivity index (χ0n) is 10.2. The maximum atomic E-state index is 11.3. The molecule has 0 unspecified atom stereocenters. The van der Waals surface area contributed by atoms with Gasteiger partial charge in [0.2, 0.25) is 5.91 Å². The van der Waals surface area contributed by atoms with Gasteiger partial charge in [0.1, 0.15) is 5.75 Å². The number of anilines is 1. The van der Waals surface area contributed by atoms with Gasteiger partial charge in [0.25, 0.3) is 0 Å². The number of carbonyl (C=O) groups is 1. The summed E-state index contributed by atoms with van der Waals surface area (Å²) in [5, 5.41) is 5.85. The fraction of sp³-hybridized carbons (Fsp3) is 0.333. The number of hydrogen-bond acceptors (Lipinski definition) is 3. The Labute approximate surface area is 120 Å². The fourth-order valence-electron chi connectivity index (χ4n) is 1.32. The van der Waals surface area contributed by atoms with E-state index in [1.807, 2.05) is 25.1 Å². The van der Waals surface area contributed by atoms with Crippen LogP contribution < -0.4 is 15.4 Å². The summed E-state index contributed by atoms with van der Waals surface area (Å²) in [6.45, 7) is 1.94. The van der Waals surface area contributed by atoms with Crippen molar-refractivity contribution in [1.82, 2.24) is 5.32 Å². The Bertz CT molecular complexity index is 452. The van der Waals surface area contributed by atoms with Crippen molar-refractivity contribution in [3.8, 4) is 5.75 Å². The van der Waals surface area contributed by atoms with E-state index in [1.54, 1.807) is 7.11 Å². The fourth-order valence-corrected chi connectivity index (χ4v) is 2.10. The largest absolute Gasteiger partial charge is 0.496 e. The molecule has 0 fully saturated rings. The first-order valence-corrected chi connectivity index (χ1v) is 6.71. The van der Waals surface area contributed by atoms with Crippen LogP contribution in [0.25, 0.3) is 0 Å². The molecule has 2 N–H and O–H groups in total. The Kier molecular flexibility index (Phi) is 6.07. The van der Waals surface area contributed by atoms with Crippen LogP contribution in [0.3, 0.4) is 0 Å². The average Bonchev–Trinajstić information content (AvgIpc) is 2.29. The van der Waals surface area contributed by atoms with Gasteiger partial charge in [-0.2, -0.15) is 0 Å². The number of thiocarbonyl (C=S) groups is 1. The standard InChI is InChI=1S/C12H15BrN2O2S/c1-3-4-11(16)15-12(18)14-8-5-6-10(17-2)9(13)7-8/h5-7H,3-4H2,1-2H3,(H2,14,15,16,18). The minimum atomic E-state index is -0.0809. The molecule has 0 spiro atoms. The van der Waals surface area contributed by atoms with Crippen LogP contribution in [0.4, 0.5) is 5.69 Å². The van der Waals surface area contributed by atoms with Gasteiger partial charge in [-0.25, -0.2) is 0 Å². The molecule has 6 heteroatoms. The van der Waals surface area contributed by atoms with E-state index in [9.17, 15) is 4.79 Å². The van der Waals surface area contributed by atoms with Gasteiger partial charge in [0.05, 0.1) is 11.6 Å². The maximum absolute atomic E-state index is 11.3. The number of halogens is 1. The lowest BCUT2D eigenvalue weighted by Crippen LogP contribution is -2.33. The van der Waals surface area contributed by atoms with Crippen LogP contribution in [0.1, 0.15) is 19.8 Å². The first-order chi connectivity index (χ1) is 8.56. The predicted octanol–water partition coefficient (Wildman–Crippen LogP) is 3.07. The first-order valence-electron chi connectivity index (χ1n) is 5.51. The summed E-state index contributed by atoms with van der Waals surface area (Å²) in [5.41, 5.74) is 0.782. The van der Waals surface area contributed by atoms with Crippen molar-refractivity contribution in [1.29, 1.82) is 0 Å². The van der Waals surface area contributed by atoms with E-state index in [0.717, 1.165) is 22.3 Å². The highest BCUT2D eigenvalue weighted by Gasteiger charge is 2.05. The third-order valence-electron chi connectivity index (χ3n) is 2.14. The zero-order valence-corrected chi connectivity index (χ0v) is 12.7. The van der Waals surface area contributed by atoms with Crippen LogP contribution in [-0.4, -0.2) is 18.1 Å². The van der Waals surface area contributed by atoms with Gasteiger partial charge in [0, 0.05) is 12.1 Å². The molecule has 0 aliphatic heterocycles. The number of ether oxygens (including phenoxy) is 1. The van der Waals surface area contributed by atoms with E-state index in [1.165, 1.54) is 0 Å². The van der Waals surface area contributed by atoms with Gasteiger partial charge in [0.15, 0.2) is 5.11 Å². The molecule has 0 heterocycles. The van der Waals surface area contributed by atoms with Crippen molar-refractivity contribution < 1.29 is 9.53 Å². The minimum absolute atomic E-state index is 0.0809. The molecule has 0 saturated carbocycles. The number of hydrogen-bond donors (Lipinski definition) is 2. The Morgan fingerprint density at radius 2 is 2.22 bits per heavy atom. The Balaban J connectivity index is 2.59. The number of rotatable bonds is 4. The first kappa shape index (κ1) is 14.9. The molecular weight excluding hydrogens is 316 g/mol. The molecule has 0 atom stereocenters. The monoisotopic (exact) mass is 330 g/mol. The summed E-state index contributed by atoms with van der Waals surface area (Å²) in [7, 11) is 1.60. The van der Waals surface area contributed by atoms with E-state index in [0.29, 0.717) is 11.5 Å². The molecule has 1 amide bonds. The molecule has 0 saturated heterocycles. The average molecular weight is 331 g/mol. The molecule has 4 nitrogen and oxygen atoms in total. The molecule has 0 bridgehead atoms. The summed E-state index contributed by atoms with van der Waals surface area (Å²) in [4.78, 5) is 11.3. The van der Waals surface area contributed by atoms with Crippen molar-refractivity contribution in [3.05, 3.63) is 22.7 Å². The van der Waals surface area contributed by atoms with Gasteiger partial charge < -0.3 is 15.4 Å². The van der Waals surface area contributed by atoms with Gasteiger partial charge in [-0.1, -0.05) is 6.92 Å². The number of nitrogens with one attached hydrogen (secondary N) is 2. The summed E-state index contributed by atoms with van der Waals surface area (Å²) in [6, 6.07) is 5.46. The minimum Gasteiger partial charge on any atom is -0.496 e. The Morgan fingerprint density at radius 1 is 1.50 bits per heavy atom. The second kappa shape index (κ2) is 7.33. The number of benzene rings is 1. The van der Waals surface area contributed by atoms with Crippen LogP contribution in [0.5, 0.6) is 5.75 Å². The molecule has 1 rings (SSSR count). The second-order valence-corrected chi connectivity index (χ2v) is 4.86. The topological polar surface area (TPSA) is 50.4 Å². The molecule has 0 aromatic heterocycles. The van der Waals surface area contributed by atoms with Gasteiger partial charge in [-0.05, 0) is 52.8 Å². The lowest BCUT2D eigenvalue weighted by Gasteiger charge is -2.10. The van der Waals surface area contributed by atoms with E-state index in [2.05, 4.69) is 26.6 Å². The lowest BCUT2D eigenvalue weighted by molar-refractivity contribution is -0.119. The quantitative estimate of drug-likeness (QED) is 0.833. The maximum Gasteiger partial charge on any atom is 0.226 e. The van der Waals surface area contributed by atoms with E-state index >= 15 is 0 Å². The molecule has 0 radical (unpaired) electrons. The van der Waals surface area contributed by atoms with E-state index < -0.39 is 0 Å². The van der Waals surface area contributed by atoms with Crippen molar-refractivity contribution in [2.45, 2.75) is 19.8 Å². The third kappa shape index (κ3) is 4.62. The van der Waals surface area contributed by atoms with Gasteiger partial charge in [-0.3, -0.25) is 4.79 Å². The SMILES string of the molecule is CCCC(=O)NC(=S)Nc1ccc(OC)c(Br)c1. The lowest BCUT2D eigenvalue weighted by atomic mass is 10.3. The van der Waals surface area contributed by atoms with Gasteiger partial charge >= 0.3 is 0 Å². The third-order valence-corrected chi connectivity index (χ3v) is 2.96. The number of carbonyl (C=O) groups excluding carboxylic acids is 1. The molecule has 98 valence electrons. The highest BCUT2D eigenvalue weighted by atomic mass is 79.9. The highest BCUT2D eigenvalue weighted by Crippen LogP contribution is 2.27. The van der Waals surface area contributed by atoms with Crippen molar-refractivity contribution in [2.75, 3.05) is 12.4 Å². The summed E-state index contributed by atoms with van der Waals surface area (Å²) < 4.78 is 5.94. The van der Waals surface area contributed by atoms with Crippen LogP contribution in [-0.2, 0) is 4.79 Å². The van der Waals surface area contributed by atoms with Crippen molar-refractivity contribution >= 4 is 44.9 Å². The number of amides is 1. The normalized spacial score (nSPS) is 9.72. The predicted molar refractivity (Wildman–Crippen MR) is 80.0 cm³/mol. The van der Waals surface area contributed by atoms with Crippen LogP contribution >= 0.6 is 28.1 Å². The van der Waals surface area contributed by atoms with Crippen LogP contribution in [0.15, 0.2) is 22.7 Å². The Hall–Kier alpha value is -1.14. The molecule has 0 aliphatic rings. The van der Waals surface area contributed by atoms with E-state index in [-0.39, 0.29) is 5.91 Å². The summed E-state index contributed by atoms with van der Waals surface area (Å²) in [5.74, 6) is 0.657. The van der Waals surface area contributed by atoms with Gasteiger partial charge in [-0.15, -0.1) is 0 Å². The molecule has 1 aromatic rings. The molecular formula is C12H15BrN2O2S. The van der Waals surface area contributed by atoms with Crippen LogP contribution in [0.2, 0.25) is 0 Å².